The maximum atomic E-state index is 15.2. The number of piperidine rings is 1. The van der Waals surface area contributed by atoms with Crippen LogP contribution >= 0.6 is 11.8 Å². The first-order valence-corrected chi connectivity index (χ1v) is 21.5. The minimum atomic E-state index is -1.96. The lowest BCUT2D eigenvalue weighted by atomic mass is 9.95. The summed E-state index contributed by atoms with van der Waals surface area (Å²) in [5, 5.41) is 14.0. The molecule has 2 amide bonds. The van der Waals surface area contributed by atoms with E-state index in [2.05, 4.69) is 39.2 Å². The van der Waals surface area contributed by atoms with Crippen molar-refractivity contribution in [2.45, 2.75) is 102 Å². The average molecular weight is 708 g/mol. The Morgan fingerprint density at radius 2 is 1.86 bits per heavy atom. The van der Waals surface area contributed by atoms with E-state index in [0.717, 1.165) is 54.4 Å². The zero-order valence-electron chi connectivity index (χ0n) is 29.7. The second-order valence-corrected chi connectivity index (χ2v) is 22.0. The number of benzene rings is 2. The SMILES string of the molecule is Cc1c(F)cc(C(=O)NC2CC2)cc1-c1ccc2c(=O)n(CC3(CO[Si](C)(C)C(C)(C)C)CC3)cc(SC[C@@H]3CCCN(C(=O)O)C3)c2c1. The van der Waals surface area contributed by atoms with Gasteiger partial charge in [-0.1, -0.05) is 26.8 Å². The van der Waals surface area contributed by atoms with Crippen molar-refractivity contribution in [3.63, 3.8) is 0 Å². The van der Waals surface area contributed by atoms with Crippen molar-refractivity contribution in [1.82, 2.24) is 14.8 Å². The third-order valence-corrected chi connectivity index (χ3v) is 16.9. The van der Waals surface area contributed by atoms with Crippen LogP contribution in [-0.4, -0.2) is 66.4 Å². The Kier molecular flexibility index (Phi) is 9.84. The second-order valence-electron chi connectivity index (χ2n) is 16.2. The quantitative estimate of drug-likeness (QED) is 0.154. The summed E-state index contributed by atoms with van der Waals surface area (Å²) >= 11 is 1.65. The molecule has 1 aliphatic heterocycles. The Morgan fingerprint density at radius 3 is 2.51 bits per heavy atom. The summed E-state index contributed by atoms with van der Waals surface area (Å²) in [7, 11) is -1.96. The lowest BCUT2D eigenvalue weighted by molar-refractivity contribution is 0.0950. The number of fused-ring (bicyclic) bond motifs is 1. The number of carbonyl (C=O) groups excluding carboxylic acids is 1. The van der Waals surface area contributed by atoms with Gasteiger partial charge in [-0.15, -0.1) is 11.8 Å². The van der Waals surface area contributed by atoms with Gasteiger partial charge in [0, 0.05) is 70.9 Å². The molecule has 0 radical (unpaired) electrons. The van der Waals surface area contributed by atoms with E-state index in [1.165, 1.54) is 11.0 Å². The van der Waals surface area contributed by atoms with E-state index >= 15 is 4.39 Å². The summed E-state index contributed by atoms with van der Waals surface area (Å²) in [6.45, 7) is 15.2. The summed E-state index contributed by atoms with van der Waals surface area (Å²) in [5.41, 5.74) is 1.94. The van der Waals surface area contributed by atoms with Crippen molar-refractivity contribution < 1.29 is 23.5 Å². The van der Waals surface area contributed by atoms with Crippen molar-refractivity contribution >= 4 is 42.9 Å². The van der Waals surface area contributed by atoms with Crippen molar-refractivity contribution in [1.29, 1.82) is 0 Å². The lowest BCUT2D eigenvalue weighted by Crippen LogP contribution is -2.42. The molecule has 2 aromatic carbocycles. The van der Waals surface area contributed by atoms with Crippen LogP contribution in [0.15, 0.2) is 46.2 Å². The highest BCUT2D eigenvalue weighted by atomic mass is 32.2. The molecule has 0 spiro atoms. The van der Waals surface area contributed by atoms with Crippen molar-refractivity contribution in [2.75, 3.05) is 25.4 Å². The van der Waals surface area contributed by atoms with Gasteiger partial charge < -0.3 is 24.3 Å². The molecule has 3 fully saturated rings. The van der Waals surface area contributed by atoms with Gasteiger partial charge in [-0.3, -0.25) is 9.59 Å². The van der Waals surface area contributed by atoms with Crippen molar-refractivity contribution in [3.8, 4) is 11.1 Å². The fourth-order valence-corrected chi connectivity index (χ4v) is 8.70. The van der Waals surface area contributed by atoms with Crippen LogP contribution in [0.2, 0.25) is 18.1 Å². The zero-order chi connectivity index (χ0) is 35.3. The number of halogens is 1. The molecule has 264 valence electrons. The van der Waals surface area contributed by atoms with Gasteiger partial charge in [0.05, 0.1) is 0 Å². The molecule has 1 aromatic heterocycles. The van der Waals surface area contributed by atoms with Gasteiger partial charge in [-0.05, 0) is 110 Å². The Morgan fingerprint density at radius 1 is 1.12 bits per heavy atom. The fraction of sp³-hybridized carbons (Fsp3) is 0.553. The molecule has 2 saturated carbocycles. The first kappa shape index (κ1) is 35.7. The highest BCUT2D eigenvalue weighted by molar-refractivity contribution is 7.99. The first-order chi connectivity index (χ1) is 23.1. The molecule has 1 atom stereocenters. The standard InChI is InChI=1S/C38H50FN3O5SSi/c1-24-30(17-27(18-32(24)39)34(43)40-28-10-11-28)26-9-12-29-31(16-26)33(48-21-25-8-7-15-41(19-25)36(45)46)20-42(35(29)44)22-38(13-14-38)23-47-49(5,6)37(2,3)4/h9,12,16-18,20,25,28H,7-8,10-11,13-15,19,21-23H2,1-6H3,(H,40,43)(H,45,46)/t25-/m1/s1. The number of pyridine rings is 1. The van der Waals surface area contributed by atoms with Crippen LogP contribution in [0.3, 0.4) is 0 Å². The number of rotatable bonds is 11. The van der Waals surface area contributed by atoms with Gasteiger partial charge in [0.15, 0.2) is 8.32 Å². The predicted molar refractivity (Wildman–Crippen MR) is 197 cm³/mol. The summed E-state index contributed by atoms with van der Waals surface area (Å²) in [4.78, 5) is 41.2. The number of nitrogens with zero attached hydrogens (tertiary/aromatic N) is 2. The summed E-state index contributed by atoms with van der Waals surface area (Å²) in [6.07, 6.45) is 6.76. The van der Waals surface area contributed by atoms with Crippen LogP contribution in [-0.2, 0) is 11.0 Å². The molecule has 6 rings (SSSR count). The monoisotopic (exact) mass is 707 g/mol. The van der Waals surface area contributed by atoms with Crippen LogP contribution in [0.25, 0.3) is 21.9 Å². The van der Waals surface area contributed by atoms with E-state index in [0.29, 0.717) is 48.5 Å². The fourth-order valence-electron chi connectivity index (χ4n) is 6.38. The molecule has 2 N–H and O–H groups in total. The van der Waals surface area contributed by atoms with Crippen LogP contribution in [0.5, 0.6) is 0 Å². The van der Waals surface area contributed by atoms with Crippen LogP contribution in [0, 0.1) is 24.1 Å². The number of amides is 2. The summed E-state index contributed by atoms with van der Waals surface area (Å²) in [6, 6.07) is 8.83. The smallest absolute Gasteiger partial charge is 0.407 e. The number of thioether (sulfide) groups is 1. The number of likely N-dealkylation sites (tertiary alicyclic amines) is 1. The van der Waals surface area contributed by atoms with E-state index in [1.54, 1.807) is 24.8 Å². The first-order valence-electron chi connectivity index (χ1n) is 17.6. The van der Waals surface area contributed by atoms with Gasteiger partial charge in [-0.2, -0.15) is 0 Å². The molecular weight excluding hydrogens is 658 g/mol. The minimum absolute atomic E-state index is 0.0697. The van der Waals surface area contributed by atoms with E-state index in [9.17, 15) is 19.5 Å². The number of nitrogens with one attached hydrogen (secondary N) is 1. The molecule has 3 aromatic rings. The van der Waals surface area contributed by atoms with Crippen LogP contribution in [0.4, 0.5) is 9.18 Å². The minimum Gasteiger partial charge on any atom is -0.465 e. The predicted octanol–water partition coefficient (Wildman–Crippen LogP) is 8.29. The number of aromatic nitrogens is 1. The summed E-state index contributed by atoms with van der Waals surface area (Å²) in [5.74, 6) is 0.181. The van der Waals surface area contributed by atoms with Gasteiger partial charge in [0.25, 0.3) is 11.5 Å². The third-order valence-electron chi connectivity index (χ3n) is 11.2. The molecule has 2 aliphatic carbocycles. The van der Waals surface area contributed by atoms with E-state index < -0.39 is 20.2 Å². The molecule has 0 unspecified atom stereocenters. The van der Waals surface area contributed by atoms with Gasteiger partial charge in [-0.25, -0.2) is 9.18 Å². The largest absolute Gasteiger partial charge is 0.465 e. The lowest BCUT2D eigenvalue weighted by Gasteiger charge is -2.37. The number of carbonyl (C=O) groups is 2. The molecule has 3 aliphatic rings. The van der Waals surface area contributed by atoms with Crippen LogP contribution in [0.1, 0.15) is 75.2 Å². The average Bonchev–Trinajstić information content (AvgIpc) is 3.99. The normalized spacial score (nSPS) is 19.2. The van der Waals surface area contributed by atoms with Gasteiger partial charge in [0.2, 0.25) is 0 Å². The maximum Gasteiger partial charge on any atom is 0.407 e. The molecule has 2 heterocycles. The Hall–Kier alpha value is -3.15. The molecule has 8 nitrogen and oxygen atoms in total. The van der Waals surface area contributed by atoms with Crippen molar-refractivity contribution in [2.24, 2.45) is 11.3 Å². The highest BCUT2D eigenvalue weighted by Gasteiger charge is 2.47. The maximum absolute atomic E-state index is 15.2. The Balaban J connectivity index is 1.35. The Labute approximate surface area is 293 Å². The van der Waals surface area contributed by atoms with E-state index in [1.807, 2.05) is 29.0 Å². The van der Waals surface area contributed by atoms with E-state index in [4.69, 9.17) is 4.43 Å². The molecular formula is C38H50FN3O5SSi. The third kappa shape index (κ3) is 7.94. The molecule has 49 heavy (non-hydrogen) atoms. The van der Waals surface area contributed by atoms with Crippen molar-refractivity contribution in [3.05, 3.63) is 63.8 Å². The van der Waals surface area contributed by atoms with E-state index in [-0.39, 0.29) is 39.4 Å². The zero-order valence-corrected chi connectivity index (χ0v) is 31.5. The number of hydrogen-bond acceptors (Lipinski definition) is 5. The highest BCUT2D eigenvalue weighted by Crippen LogP contribution is 2.49. The summed E-state index contributed by atoms with van der Waals surface area (Å²) < 4.78 is 23.7. The molecule has 1 saturated heterocycles. The molecule has 0 bridgehead atoms. The molecule has 11 heteroatoms. The Bertz CT molecular complexity index is 1830. The second kappa shape index (κ2) is 13.5. The van der Waals surface area contributed by atoms with Gasteiger partial charge in [0.1, 0.15) is 5.82 Å². The number of carboxylic acid groups (broad SMARTS) is 1. The topological polar surface area (TPSA) is 101 Å². The number of hydrogen-bond donors (Lipinski definition) is 2. The van der Waals surface area contributed by atoms with Gasteiger partial charge >= 0.3 is 6.09 Å². The van der Waals surface area contributed by atoms with Crippen LogP contribution < -0.4 is 10.9 Å².